The number of unbranched alkanes of at least 4 members (excludes halogenated alkanes) is 2. The fraction of sp³-hybridized carbons (Fsp3) is 0.900. The zero-order chi connectivity index (χ0) is 9.73. The van der Waals surface area contributed by atoms with Crippen LogP contribution < -0.4 is 0 Å². The molecule has 3 nitrogen and oxygen atoms in total. The van der Waals surface area contributed by atoms with E-state index in [1.807, 2.05) is 13.8 Å². The van der Waals surface area contributed by atoms with Crippen molar-refractivity contribution in [2.75, 3.05) is 6.61 Å². The first-order chi connectivity index (χ1) is 6.14. The molecule has 1 aliphatic rings. The number of hydrogen-bond donors (Lipinski definition) is 0. The first-order valence-electron chi connectivity index (χ1n) is 4.89. The van der Waals surface area contributed by atoms with Crippen molar-refractivity contribution in [2.24, 2.45) is 0 Å². The van der Waals surface area contributed by atoms with Crippen molar-refractivity contribution in [3.63, 3.8) is 0 Å². The summed E-state index contributed by atoms with van der Waals surface area (Å²) >= 11 is 0. The molecular weight excluding hydrogens is 168 g/mol. The van der Waals surface area contributed by atoms with Crippen molar-refractivity contribution in [1.29, 1.82) is 0 Å². The lowest BCUT2D eigenvalue weighted by Crippen LogP contribution is -2.21. The second-order valence-electron chi connectivity index (χ2n) is 3.90. The van der Waals surface area contributed by atoms with E-state index < -0.39 is 5.79 Å². The third kappa shape index (κ3) is 3.87. The van der Waals surface area contributed by atoms with E-state index >= 15 is 0 Å². The van der Waals surface area contributed by atoms with Gasteiger partial charge in [-0.05, 0) is 26.7 Å². The number of ether oxygens (including phenoxy) is 2. The lowest BCUT2D eigenvalue weighted by molar-refractivity contribution is -0.139. The van der Waals surface area contributed by atoms with Crippen LogP contribution in [0.2, 0.25) is 0 Å². The number of hydrogen-bond acceptors (Lipinski definition) is 3. The topological polar surface area (TPSA) is 35.5 Å². The molecule has 1 saturated heterocycles. The molecule has 0 aromatic heterocycles. The molecule has 1 unspecified atom stereocenters. The molecule has 1 rings (SSSR count). The van der Waals surface area contributed by atoms with E-state index in [1.54, 1.807) is 0 Å². The third-order valence-electron chi connectivity index (χ3n) is 2.17. The van der Waals surface area contributed by atoms with Gasteiger partial charge < -0.3 is 14.3 Å². The summed E-state index contributed by atoms with van der Waals surface area (Å²) in [5.74, 6) is -0.407. The minimum Gasteiger partial charge on any atom is -0.348 e. The van der Waals surface area contributed by atoms with Crippen LogP contribution in [0.5, 0.6) is 0 Å². The van der Waals surface area contributed by atoms with Crippen molar-refractivity contribution >= 4 is 6.29 Å². The van der Waals surface area contributed by atoms with Gasteiger partial charge in [-0.25, -0.2) is 0 Å². The minimum absolute atomic E-state index is 0.224. The highest BCUT2D eigenvalue weighted by Gasteiger charge is 2.31. The van der Waals surface area contributed by atoms with Gasteiger partial charge in [-0.2, -0.15) is 0 Å². The minimum atomic E-state index is -0.407. The molecule has 1 heterocycles. The highest BCUT2D eigenvalue weighted by molar-refractivity contribution is 5.48. The largest absolute Gasteiger partial charge is 0.348 e. The fourth-order valence-electron chi connectivity index (χ4n) is 1.50. The van der Waals surface area contributed by atoms with Gasteiger partial charge >= 0.3 is 0 Å². The standard InChI is InChI=1S/C10H18O3/c1-10(2)12-8-9(13-10)6-4-3-5-7-11/h7,9H,3-6,8H2,1-2H3. The van der Waals surface area contributed by atoms with E-state index in [0.717, 1.165) is 25.5 Å². The summed E-state index contributed by atoms with van der Waals surface area (Å²) < 4.78 is 11.0. The second-order valence-corrected chi connectivity index (χ2v) is 3.90. The Labute approximate surface area is 79.4 Å². The summed E-state index contributed by atoms with van der Waals surface area (Å²) in [4.78, 5) is 10.0. The second kappa shape index (κ2) is 4.72. The molecule has 0 amide bonds. The van der Waals surface area contributed by atoms with Gasteiger partial charge in [0.05, 0.1) is 12.7 Å². The Morgan fingerprint density at radius 2 is 2.23 bits per heavy atom. The molecule has 1 fully saturated rings. The summed E-state index contributed by atoms with van der Waals surface area (Å²) in [6, 6.07) is 0. The van der Waals surface area contributed by atoms with Crippen molar-refractivity contribution in [3.05, 3.63) is 0 Å². The molecule has 0 aromatic carbocycles. The van der Waals surface area contributed by atoms with E-state index in [1.165, 1.54) is 0 Å². The molecule has 1 aliphatic heterocycles. The quantitative estimate of drug-likeness (QED) is 0.486. The van der Waals surface area contributed by atoms with Crippen LogP contribution in [0, 0.1) is 0 Å². The first kappa shape index (κ1) is 10.7. The molecule has 3 heteroatoms. The predicted octanol–water partition coefficient (Wildman–Crippen LogP) is 1.90. The molecule has 0 aliphatic carbocycles. The van der Waals surface area contributed by atoms with Crippen molar-refractivity contribution < 1.29 is 14.3 Å². The third-order valence-corrected chi connectivity index (χ3v) is 2.17. The fourth-order valence-corrected chi connectivity index (χ4v) is 1.50. The van der Waals surface area contributed by atoms with Gasteiger partial charge in [-0.15, -0.1) is 0 Å². The highest BCUT2D eigenvalue weighted by Crippen LogP contribution is 2.25. The van der Waals surface area contributed by atoms with Crippen LogP contribution in [-0.2, 0) is 14.3 Å². The van der Waals surface area contributed by atoms with E-state index in [0.29, 0.717) is 13.0 Å². The Balaban J connectivity index is 2.07. The molecule has 0 radical (unpaired) electrons. The van der Waals surface area contributed by atoms with Gasteiger partial charge in [-0.3, -0.25) is 0 Å². The van der Waals surface area contributed by atoms with Crippen LogP contribution >= 0.6 is 0 Å². The van der Waals surface area contributed by atoms with Gasteiger partial charge in [0.1, 0.15) is 6.29 Å². The summed E-state index contributed by atoms with van der Waals surface area (Å²) in [6.07, 6.45) is 4.86. The Hall–Kier alpha value is -0.410. The molecule has 0 bridgehead atoms. The van der Waals surface area contributed by atoms with Gasteiger partial charge in [0.25, 0.3) is 0 Å². The normalized spacial score (nSPS) is 26.2. The lowest BCUT2D eigenvalue weighted by Gasteiger charge is -2.16. The maximum Gasteiger partial charge on any atom is 0.163 e. The summed E-state index contributed by atoms with van der Waals surface area (Å²) in [5.41, 5.74) is 0. The summed E-state index contributed by atoms with van der Waals surface area (Å²) in [7, 11) is 0. The van der Waals surface area contributed by atoms with Crippen LogP contribution in [0.25, 0.3) is 0 Å². The van der Waals surface area contributed by atoms with Gasteiger partial charge in [0, 0.05) is 6.42 Å². The van der Waals surface area contributed by atoms with E-state index in [9.17, 15) is 4.79 Å². The average Bonchev–Trinajstić information content (AvgIpc) is 2.40. The number of carbonyl (C=O) groups is 1. The molecule has 0 N–H and O–H groups in total. The maximum absolute atomic E-state index is 10.0. The smallest absolute Gasteiger partial charge is 0.163 e. The molecule has 76 valence electrons. The molecule has 0 aromatic rings. The van der Waals surface area contributed by atoms with Crippen LogP contribution in [0.4, 0.5) is 0 Å². The van der Waals surface area contributed by atoms with E-state index in [-0.39, 0.29) is 6.10 Å². The van der Waals surface area contributed by atoms with Crippen molar-refractivity contribution in [3.8, 4) is 0 Å². The van der Waals surface area contributed by atoms with Gasteiger partial charge in [-0.1, -0.05) is 6.42 Å². The lowest BCUT2D eigenvalue weighted by atomic mass is 10.1. The molecule has 1 atom stereocenters. The average molecular weight is 186 g/mol. The van der Waals surface area contributed by atoms with Gasteiger partial charge in [0.15, 0.2) is 5.79 Å². The number of rotatable bonds is 5. The van der Waals surface area contributed by atoms with Gasteiger partial charge in [0.2, 0.25) is 0 Å². The Bertz CT molecular complexity index is 166. The number of aldehydes is 1. The van der Waals surface area contributed by atoms with Crippen LogP contribution in [0.3, 0.4) is 0 Å². The van der Waals surface area contributed by atoms with Crippen LogP contribution in [-0.4, -0.2) is 24.8 Å². The molecule has 0 saturated carbocycles. The summed E-state index contributed by atoms with van der Waals surface area (Å²) in [6.45, 7) is 4.55. The van der Waals surface area contributed by atoms with Crippen LogP contribution in [0.15, 0.2) is 0 Å². The SMILES string of the molecule is CC1(C)OCC(CCCCC=O)O1. The molecule has 0 spiro atoms. The Morgan fingerprint density at radius 3 is 2.77 bits per heavy atom. The van der Waals surface area contributed by atoms with Crippen molar-refractivity contribution in [2.45, 2.75) is 51.4 Å². The zero-order valence-electron chi connectivity index (χ0n) is 8.41. The monoisotopic (exact) mass is 186 g/mol. The Morgan fingerprint density at radius 1 is 1.46 bits per heavy atom. The first-order valence-corrected chi connectivity index (χ1v) is 4.89. The highest BCUT2D eigenvalue weighted by atomic mass is 16.7. The van der Waals surface area contributed by atoms with Crippen LogP contribution in [0.1, 0.15) is 39.5 Å². The van der Waals surface area contributed by atoms with Crippen molar-refractivity contribution in [1.82, 2.24) is 0 Å². The zero-order valence-corrected chi connectivity index (χ0v) is 8.41. The van der Waals surface area contributed by atoms with E-state index in [2.05, 4.69) is 0 Å². The van der Waals surface area contributed by atoms with E-state index in [4.69, 9.17) is 9.47 Å². The predicted molar refractivity (Wildman–Crippen MR) is 49.4 cm³/mol. The number of carbonyl (C=O) groups excluding carboxylic acids is 1. The maximum atomic E-state index is 10.0. The summed E-state index contributed by atoms with van der Waals surface area (Å²) in [5, 5.41) is 0. The Kier molecular flexibility index (Phi) is 3.88. The molecular formula is C10H18O3. The molecule has 13 heavy (non-hydrogen) atoms.